The van der Waals surface area contributed by atoms with Crippen LogP contribution in [0.2, 0.25) is 0 Å². The quantitative estimate of drug-likeness (QED) is 0.534. The molecule has 0 saturated heterocycles. The highest BCUT2D eigenvalue weighted by Gasteiger charge is 2.21. The fourth-order valence-electron chi connectivity index (χ4n) is 2.20. The highest BCUT2D eigenvalue weighted by atomic mass is 32.2. The largest absolute Gasteiger partial charge is 0.462 e. The maximum absolute atomic E-state index is 12.3. The second-order valence-electron chi connectivity index (χ2n) is 5.79. The second-order valence-corrected chi connectivity index (χ2v) is 7.72. The van der Waals surface area contributed by atoms with Crippen LogP contribution in [0.3, 0.4) is 0 Å². The molecule has 1 N–H and O–H groups in total. The van der Waals surface area contributed by atoms with Crippen molar-refractivity contribution in [2.24, 2.45) is 0 Å². The number of hydroxylamine groups is 1. The number of hydrogen-bond donors (Lipinski definition) is 1. The number of ether oxygens (including phenoxy) is 1. The number of amides is 1. The molecule has 150 valence electrons. The summed E-state index contributed by atoms with van der Waals surface area (Å²) in [7, 11) is -1.25. The average Bonchev–Trinajstić information content (AvgIpc) is 2.71. The number of carbonyl (C=O) groups is 2. The molecular weight excluding hydrogens is 384 g/mol. The predicted molar refractivity (Wildman–Crippen MR) is 103 cm³/mol. The summed E-state index contributed by atoms with van der Waals surface area (Å²) in [6.07, 6.45) is 0.738. The van der Waals surface area contributed by atoms with Crippen molar-refractivity contribution in [3.05, 3.63) is 59.7 Å². The topological polar surface area (TPSA) is 102 Å². The molecule has 2 aromatic rings. The van der Waals surface area contributed by atoms with Gasteiger partial charge in [-0.2, -0.15) is 0 Å². The first-order chi connectivity index (χ1) is 13.3. The third-order valence-electron chi connectivity index (χ3n) is 3.83. The van der Waals surface area contributed by atoms with Crippen molar-refractivity contribution >= 4 is 27.6 Å². The van der Waals surface area contributed by atoms with Crippen molar-refractivity contribution in [3.63, 3.8) is 0 Å². The molecule has 0 aromatic heterocycles. The Balaban J connectivity index is 2.06. The lowest BCUT2D eigenvalue weighted by molar-refractivity contribution is -0.0258. The molecule has 8 nitrogen and oxygen atoms in total. The van der Waals surface area contributed by atoms with Gasteiger partial charge in [-0.1, -0.05) is 11.4 Å². The number of benzene rings is 2. The van der Waals surface area contributed by atoms with Gasteiger partial charge < -0.3 is 10.1 Å². The van der Waals surface area contributed by atoms with Crippen molar-refractivity contribution in [2.75, 3.05) is 26.1 Å². The number of hydrogen-bond acceptors (Lipinski definition) is 6. The Morgan fingerprint density at radius 3 is 2.11 bits per heavy atom. The zero-order chi connectivity index (χ0) is 20.7. The van der Waals surface area contributed by atoms with Gasteiger partial charge in [0, 0.05) is 18.3 Å². The van der Waals surface area contributed by atoms with E-state index >= 15 is 0 Å². The van der Waals surface area contributed by atoms with Gasteiger partial charge in [-0.15, -0.1) is 0 Å². The van der Waals surface area contributed by atoms with Crippen LogP contribution in [-0.4, -0.2) is 45.5 Å². The highest BCUT2D eigenvalue weighted by molar-refractivity contribution is 7.89. The molecule has 0 spiro atoms. The van der Waals surface area contributed by atoms with Gasteiger partial charge in [0.2, 0.25) is 0 Å². The molecule has 28 heavy (non-hydrogen) atoms. The summed E-state index contributed by atoms with van der Waals surface area (Å²) in [5.74, 6) is -0.831. The van der Waals surface area contributed by atoms with Gasteiger partial charge in [0.1, 0.15) is 0 Å². The van der Waals surface area contributed by atoms with Crippen LogP contribution in [0, 0.1) is 0 Å². The minimum absolute atomic E-state index is 0.00310. The number of nitrogens with zero attached hydrogens (tertiary/aromatic N) is 1. The van der Waals surface area contributed by atoms with Gasteiger partial charge in [0.15, 0.2) is 0 Å². The maximum Gasteiger partial charge on any atom is 0.338 e. The summed E-state index contributed by atoms with van der Waals surface area (Å²) in [4.78, 5) is 28.8. The Hall–Kier alpha value is -2.75. The molecule has 0 atom stereocenters. The van der Waals surface area contributed by atoms with Gasteiger partial charge in [-0.05, 0) is 55.0 Å². The minimum Gasteiger partial charge on any atom is -0.462 e. The van der Waals surface area contributed by atoms with E-state index in [9.17, 15) is 18.0 Å². The van der Waals surface area contributed by atoms with E-state index in [4.69, 9.17) is 9.57 Å². The Morgan fingerprint density at radius 2 is 1.57 bits per heavy atom. The number of sulfonamides is 1. The van der Waals surface area contributed by atoms with Crippen LogP contribution in [-0.2, 0) is 19.6 Å². The number of anilines is 1. The molecule has 2 rings (SSSR count). The van der Waals surface area contributed by atoms with Crippen molar-refractivity contribution in [1.82, 2.24) is 4.47 Å². The first-order valence-corrected chi connectivity index (χ1v) is 9.95. The van der Waals surface area contributed by atoms with E-state index in [1.807, 2.05) is 6.92 Å². The van der Waals surface area contributed by atoms with E-state index < -0.39 is 21.9 Å². The molecule has 0 fully saturated rings. The molecule has 0 bridgehead atoms. The lowest BCUT2D eigenvalue weighted by Crippen LogP contribution is -2.25. The Labute approximate surface area is 164 Å². The fourth-order valence-corrected chi connectivity index (χ4v) is 3.17. The van der Waals surface area contributed by atoms with Gasteiger partial charge in [-0.3, -0.25) is 9.63 Å². The Kier molecular flexibility index (Phi) is 7.27. The Bertz CT molecular complexity index is 924. The van der Waals surface area contributed by atoms with Crippen LogP contribution < -0.4 is 5.32 Å². The number of rotatable bonds is 8. The summed E-state index contributed by atoms with van der Waals surface area (Å²) in [6.45, 7) is 2.26. The maximum atomic E-state index is 12.3. The first-order valence-electron chi connectivity index (χ1n) is 8.51. The molecule has 2 aromatic carbocycles. The summed E-state index contributed by atoms with van der Waals surface area (Å²) < 4.78 is 30.1. The molecule has 0 aliphatic rings. The molecule has 0 saturated carbocycles. The SMILES string of the molecule is CCCOC(=O)c1ccc(NC(=O)c2ccc(S(=O)(=O)N(C)OC)cc2)cc1. The molecule has 9 heteroatoms. The van der Waals surface area contributed by atoms with Crippen LogP contribution in [0.1, 0.15) is 34.1 Å². The molecule has 0 radical (unpaired) electrons. The third kappa shape index (κ3) is 5.16. The van der Waals surface area contributed by atoms with Crippen LogP contribution >= 0.6 is 0 Å². The monoisotopic (exact) mass is 406 g/mol. The van der Waals surface area contributed by atoms with E-state index in [0.29, 0.717) is 17.9 Å². The van der Waals surface area contributed by atoms with Crippen LogP contribution in [0.5, 0.6) is 0 Å². The minimum atomic E-state index is -3.77. The fraction of sp³-hybridized carbons (Fsp3) is 0.263. The van der Waals surface area contributed by atoms with E-state index in [2.05, 4.69) is 5.32 Å². The van der Waals surface area contributed by atoms with E-state index in [-0.39, 0.29) is 10.5 Å². The predicted octanol–water partition coefficient (Wildman–Crippen LogP) is 2.69. The summed E-state index contributed by atoms with van der Waals surface area (Å²) in [5.41, 5.74) is 1.17. The summed E-state index contributed by atoms with van der Waals surface area (Å²) in [5, 5.41) is 2.68. The van der Waals surface area contributed by atoms with E-state index in [0.717, 1.165) is 10.9 Å². The van der Waals surface area contributed by atoms with Crippen molar-refractivity contribution in [2.45, 2.75) is 18.2 Å². The summed E-state index contributed by atoms with van der Waals surface area (Å²) in [6, 6.07) is 11.8. The molecule has 0 heterocycles. The second kappa shape index (κ2) is 9.45. The van der Waals surface area contributed by atoms with E-state index in [1.54, 1.807) is 24.3 Å². The normalized spacial score (nSPS) is 11.3. The number of carbonyl (C=O) groups excluding carboxylic acids is 2. The lowest BCUT2D eigenvalue weighted by atomic mass is 10.2. The smallest absolute Gasteiger partial charge is 0.338 e. The highest BCUT2D eigenvalue weighted by Crippen LogP contribution is 2.17. The van der Waals surface area contributed by atoms with Gasteiger partial charge in [-0.25, -0.2) is 13.2 Å². The molecule has 1 amide bonds. The zero-order valence-corrected chi connectivity index (χ0v) is 16.7. The Morgan fingerprint density at radius 1 is 1.00 bits per heavy atom. The summed E-state index contributed by atoms with van der Waals surface area (Å²) >= 11 is 0. The van der Waals surface area contributed by atoms with Gasteiger partial charge in [0.05, 0.1) is 24.2 Å². The van der Waals surface area contributed by atoms with Gasteiger partial charge >= 0.3 is 5.97 Å². The van der Waals surface area contributed by atoms with E-state index in [1.165, 1.54) is 38.4 Å². The zero-order valence-electron chi connectivity index (χ0n) is 15.8. The molecule has 0 unspecified atom stereocenters. The van der Waals surface area contributed by atoms with Crippen molar-refractivity contribution in [1.29, 1.82) is 0 Å². The van der Waals surface area contributed by atoms with Gasteiger partial charge in [0.25, 0.3) is 15.9 Å². The van der Waals surface area contributed by atoms with Crippen LogP contribution in [0.15, 0.2) is 53.4 Å². The lowest BCUT2D eigenvalue weighted by Gasteiger charge is -2.14. The first kappa shape index (κ1) is 21.5. The molecule has 0 aliphatic carbocycles. The van der Waals surface area contributed by atoms with Crippen LogP contribution in [0.25, 0.3) is 0 Å². The molecular formula is C19H22N2O6S. The average molecular weight is 406 g/mol. The van der Waals surface area contributed by atoms with Crippen molar-refractivity contribution in [3.8, 4) is 0 Å². The third-order valence-corrected chi connectivity index (χ3v) is 5.52. The van der Waals surface area contributed by atoms with Crippen LogP contribution in [0.4, 0.5) is 5.69 Å². The number of esters is 1. The molecule has 0 aliphatic heterocycles. The standard InChI is InChI=1S/C19H22N2O6S/c1-4-13-27-19(23)15-5-9-16(10-6-15)20-18(22)14-7-11-17(12-8-14)28(24,25)21(2)26-3/h5-12H,4,13H2,1-3H3,(H,20,22). The van der Waals surface area contributed by atoms with Crippen molar-refractivity contribution < 1.29 is 27.6 Å². The number of nitrogens with one attached hydrogen (secondary N) is 1.